The molecule has 0 radical (unpaired) electrons. The second-order valence-corrected chi connectivity index (χ2v) is 8.35. The molecule has 0 fully saturated rings. The van der Waals surface area contributed by atoms with Crippen molar-refractivity contribution in [2.45, 2.75) is 66.4 Å². The highest BCUT2D eigenvalue weighted by molar-refractivity contribution is 5.92. The first-order valence-corrected chi connectivity index (χ1v) is 9.48. The smallest absolute Gasteiger partial charge is 0.331 e. The summed E-state index contributed by atoms with van der Waals surface area (Å²) < 4.78 is 10.6. The summed E-state index contributed by atoms with van der Waals surface area (Å²) in [6.07, 6.45) is 7.75. The fourth-order valence-electron chi connectivity index (χ4n) is 4.27. The molecule has 2 rings (SSSR count). The van der Waals surface area contributed by atoms with E-state index in [1.165, 1.54) is 6.92 Å². The Kier molecular flexibility index (Phi) is 6.79. The first-order valence-electron chi connectivity index (χ1n) is 9.48. The Bertz CT molecular complexity index is 708. The monoisotopic (exact) mass is 374 g/mol. The van der Waals surface area contributed by atoms with Crippen LogP contribution >= 0.6 is 0 Å². The van der Waals surface area contributed by atoms with Crippen LogP contribution in [-0.2, 0) is 23.9 Å². The van der Waals surface area contributed by atoms with E-state index in [2.05, 4.69) is 19.9 Å². The molecule has 0 N–H and O–H groups in total. The van der Waals surface area contributed by atoms with Crippen LogP contribution in [0.1, 0.15) is 60.3 Å². The maximum Gasteiger partial charge on any atom is 0.331 e. The third-order valence-corrected chi connectivity index (χ3v) is 5.24. The summed E-state index contributed by atoms with van der Waals surface area (Å²) in [4.78, 5) is 34.8. The molecule has 0 unspecified atom stereocenters. The molecular formula is C22H30O5. The van der Waals surface area contributed by atoms with Gasteiger partial charge >= 0.3 is 11.9 Å². The zero-order chi connectivity index (χ0) is 20.2. The van der Waals surface area contributed by atoms with Crippen LogP contribution in [0.25, 0.3) is 0 Å². The van der Waals surface area contributed by atoms with E-state index in [0.717, 1.165) is 29.6 Å². The highest BCUT2D eigenvalue weighted by atomic mass is 16.5. The van der Waals surface area contributed by atoms with Gasteiger partial charge in [-0.1, -0.05) is 31.1 Å². The molecule has 5 nitrogen and oxygen atoms in total. The van der Waals surface area contributed by atoms with E-state index in [9.17, 15) is 14.4 Å². The van der Waals surface area contributed by atoms with E-state index in [4.69, 9.17) is 9.47 Å². The zero-order valence-electron chi connectivity index (χ0n) is 17.0. The zero-order valence-corrected chi connectivity index (χ0v) is 17.0. The lowest BCUT2D eigenvalue weighted by molar-refractivity contribution is -0.150. The summed E-state index contributed by atoms with van der Waals surface area (Å²) in [5.41, 5.74) is 2.85. The molecule has 0 bridgehead atoms. The standard InChI is InChI=1S/C22H30O5/c1-14(7-6-8-17-11-20(25)26-13-17)9-19(27-16(3)23)21-15(2)10-18(24)12-22(21,4)5/h7,10-11,19,21H,6,8-9,12-13H2,1-5H3/b14-7-/t19-,21-/m1/s1. The SMILES string of the molecule is CC(=O)O[C@H](C/C(C)=C\CCC1=CC(=O)OC1)[C@H]1C(C)=CC(=O)CC1(C)C. The first-order chi connectivity index (χ1) is 12.6. The first kappa shape index (κ1) is 21.1. The fraction of sp³-hybridized carbons (Fsp3) is 0.591. The normalized spacial score (nSPS) is 23.4. The minimum atomic E-state index is -0.305. The molecule has 2 atom stereocenters. The van der Waals surface area contributed by atoms with Crippen LogP contribution in [0.2, 0.25) is 0 Å². The lowest BCUT2D eigenvalue weighted by Gasteiger charge is -2.42. The van der Waals surface area contributed by atoms with Crippen molar-refractivity contribution in [2.75, 3.05) is 6.61 Å². The molecule has 27 heavy (non-hydrogen) atoms. The van der Waals surface area contributed by atoms with Crippen molar-refractivity contribution >= 4 is 17.7 Å². The Morgan fingerprint density at radius 2 is 2.04 bits per heavy atom. The molecule has 1 aliphatic carbocycles. The number of hydrogen-bond acceptors (Lipinski definition) is 5. The summed E-state index contributed by atoms with van der Waals surface area (Å²) in [6, 6.07) is 0. The van der Waals surface area contributed by atoms with Gasteiger partial charge in [0, 0.05) is 31.8 Å². The molecule has 0 spiro atoms. The van der Waals surface area contributed by atoms with E-state index in [1.54, 1.807) is 12.2 Å². The number of allylic oxidation sites excluding steroid dienone is 2. The second kappa shape index (κ2) is 8.68. The Balaban J connectivity index is 2.09. The van der Waals surface area contributed by atoms with Gasteiger partial charge in [0.25, 0.3) is 0 Å². The number of carbonyl (C=O) groups is 3. The van der Waals surface area contributed by atoms with Crippen LogP contribution in [0, 0.1) is 11.3 Å². The maximum atomic E-state index is 12.0. The fourth-order valence-corrected chi connectivity index (χ4v) is 4.27. The lowest BCUT2D eigenvalue weighted by Crippen LogP contribution is -2.41. The van der Waals surface area contributed by atoms with Crippen molar-refractivity contribution in [3.05, 3.63) is 34.9 Å². The van der Waals surface area contributed by atoms with E-state index < -0.39 is 0 Å². The molecule has 0 amide bonds. The van der Waals surface area contributed by atoms with Crippen LogP contribution in [0.15, 0.2) is 34.9 Å². The van der Waals surface area contributed by atoms with E-state index >= 15 is 0 Å². The number of ketones is 1. The van der Waals surface area contributed by atoms with E-state index in [1.807, 2.05) is 13.8 Å². The maximum absolute atomic E-state index is 12.0. The average Bonchev–Trinajstić information content (AvgIpc) is 2.89. The highest BCUT2D eigenvalue weighted by Crippen LogP contribution is 2.44. The van der Waals surface area contributed by atoms with Gasteiger partial charge in [0.1, 0.15) is 12.7 Å². The van der Waals surface area contributed by atoms with Gasteiger partial charge in [-0.15, -0.1) is 0 Å². The van der Waals surface area contributed by atoms with Gasteiger partial charge in [-0.3, -0.25) is 9.59 Å². The van der Waals surface area contributed by atoms with E-state index in [0.29, 0.717) is 19.4 Å². The minimum absolute atomic E-state index is 0.00557. The summed E-state index contributed by atoms with van der Waals surface area (Å²) in [5.74, 6) is -0.438. The molecule has 1 aliphatic heterocycles. The van der Waals surface area contributed by atoms with Gasteiger partial charge in [-0.05, 0) is 43.8 Å². The highest BCUT2D eigenvalue weighted by Gasteiger charge is 2.42. The van der Waals surface area contributed by atoms with Gasteiger partial charge in [0.05, 0.1) is 0 Å². The predicted octanol–water partition coefficient (Wildman–Crippen LogP) is 4.08. The summed E-state index contributed by atoms with van der Waals surface area (Å²) in [7, 11) is 0. The number of ether oxygens (including phenoxy) is 2. The Hall–Kier alpha value is -2.17. The molecule has 5 heteroatoms. The van der Waals surface area contributed by atoms with Gasteiger partial charge in [-0.2, -0.15) is 0 Å². The molecular weight excluding hydrogens is 344 g/mol. The van der Waals surface area contributed by atoms with E-state index in [-0.39, 0.29) is 35.2 Å². The van der Waals surface area contributed by atoms with Gasteiger partial charge < -0.3 is 9.47 Å². The third-order valence-electron chi connectivity index (χ3n) is 5.24. The molecule has 0 aromatic heterocycles. The molecule has 1 heterocycles. The summed E-state index contributed by atoms with van der Waals surface area (Å²) in [5, 5.41) is 0. The number of cyclic esters (lactones) is 1. The molecule has 148 valence electrons. The van der Waals surface area contributed by atoms with Crippen LogP contribution in [0.3, 0.4) is 0 Å². The summed E-state index contributed by atoms with van der Waals surface area (Å²) >= 11 is 0. The number of esters is 2. The Labute approximate surface area is 161 Å². The van der Waals surface area contributed by atoms with Crippen molar-refractivity contribution < 1.29 is 23.9 Å². The average molecular weight is 374 g/mol. The van der Waals surface area contributed by atoms with Crippen molar-refractivity contribution in [1.29, 1.82) is 0 Å². The predicted molar refractivity (Wildman–Crippen MR) is 103 cm³/mol. The molecule has 2 aliphatic rings. The quantitative estimate of drug-likeness (QED) is 0.496. The van der Waals surface area contributed by atoms with Crippen LogP contribution < -0.4 is 0 Å². The van der Waals surface area contributed by atoms with Gasteiger partial charge in [0.15, 0.2) is 5.78 Å². The molecule has 0 aromatic rings. The van der Waals surface area contributed by atoms with Crippen LogP contribution in [0.4, 0.5) is 0 Å². The minimum Gasteiger partial charge on any atom is -0.462 e. The Morgan fingerprint density at radius 1 is 1.33 bits per heavy atom. The largest absolute Gasteiger partial charge is 0.462 e. The molecule has 0 saturated carbocycles. The van der Waals surface area contributed by atoms with Crippen molar-refractivity contribution in [2.24, 2.45) is 11.3 Å². The number of hydrogen-bond donors (Lipinski definition) is 0. The van der Waals surface area contributed by atoms with Gasteiger partial charge in [0.2, 0.25) is 0 Å². The molecule has 0 aromatic carbocycles. The number of carbonyl (C=O) groups excluding carboxylic acids is 3. The lowest BCUT2D eigenvalue weighted by atomic mass is 9.65. The third kappa shape index (κ3) is 5.91. The van der Waals surface area contributed by atoms with Crippen LogP contribution in [0.5, 0.6) is 0 Å². The topological polar surface area (TPSA) is 69.7 Å². The van der Waals surface area contributed by atoms with Crippen LogP contribution in [-0.4, -0.2) is 30.4 Å². The van der Waals surface area contributed by atoms with Crippen molar-refractivity contribution in [3.8, 4) is 0 Å². The summed E-state index contributed by atoms with van der Waals surface area (Å²) in [6.45, 7) is 9.91. The molecule has 0 saturated heterocycles. The Morgan fingerprint density at radius 3 is 2.59 bits per heavy atom. The number of rotatable bonds is 7. The second-order valence-electron chi connectivity index (χ2n) is 8.35. The van der Waals surface area contributed by atoms with Crippen molar-refractivity contribution in [3.63, 3.8) is 0 Å². The van der Waals surface area contributed by atoms with Crippen molar-refractivity contribution in [1.82, 2.24) is 0 Å². The van der Waals surface area contributed by atoms with Gasteiger partial charge in [-0.25, -0.2) is 4.79 Å².